The van der Waals surface area contributed by atoms with E-state index in [0.29, 0.717) is 17.9 Å². The van der Waals surface area contributed by atoms with Crippen molar-refractivity contribution in [1.29, 1.82) is 0 Å². The Hall–Kier alpha value is -0.882. The summed E-state index contributed by atoms with van der Waals surface area (Å²) in [5.74, 6) is 1.04. The monoisotopic (exact) mass is 465 g/mol. The minimum Gasteiger partial charge on any atom is -0.270 e. The van der Waals surface area contributed by atoms with Crippen molar-refractivity contribution in [2.24, 2.45) is 0 Å². The second-order valence-electron chi connectivity index (χ2n) is 6.42. The van der Waals surface area contributed by atoms with Crippen molar-refractivity contribution in [1.82, 2.24) is 9.78 Å². The molecule has 0 amide bonds. The van der Waals surface area contributed by atoms with Gasteiger partial charge in [0.05, 0.1) is 6.20 Å². The van der Waals surface area contributed by atoms with E-state index in [0.717, 1.165) is 0 Å². The fraction of sp³-hybridized carbons (Fsp3) is 0.500. The zero-order chi connectivity index (χ0) is 14.9. The first-order valence-corrected chi connectivity index (χ1v) is 7.59. The van der Waals surface area contributed by atoms with Gasteiger partial charge in [-0.15, -0.1) is 0 Å². The summed E-state index contributed by atoms with van der Waals surface area (Å²) >= 11 is 0. The maximum Gasteiger partial charge on any atom is 0.0568 e. The third kappa shape index (κ3) is 3.86. The number of nitrogens with zero attached hydrogens (tertiary/aromatic N) is 2. The third-order valence-electron chi connectivity index (χ3n) is 3.79. The van der Waals surface area contributed by atoms with Crippen molar-refractivity contribution < 1.29 is 21.1 Å². The van der Waals surface area contributed by atoms with E-state index in [9.17, 15) is 0 Å². The summed E-state index contributed by atoms with van der Waals surface area (Å²) in [5, 5.41) is 4.51. The Morgan fingerprint density at radius 2 is 1.43 bits per heavy atom. The van der Waals surface area contributed by atoms with Gasteiger partial charge in [-0.25, -0.2) is 0 Å². The van der Waals surface area contributed by atoms with Crippen LogP contribution in [0.15, 0.2) is 30.6 Å². The van der Waals surface area contributed by atoms with Crippen LogP contribution >= 0.6 is 0 Å². The molecule has 0 aliphatic rings. The molecule has 0 bridgehead atoms. The molecule has 2 aromatic rings. The summed E-state index contributed by atoms with van der Waals surface area (Å²) in [6, 6.07) is 7.08. The van der Waals surface area contributed by atoms with E-state index in [4.69, 9.17) is 0 Å². The molecule has 0 unspecified atom stereocenters. The van der Waals surface area contributed by atoms with Crippen LogP contribution in [-0.4, -0.2) is 9.78 Å². The van der Waals surface area contributed by atoms with E-state index in [1.807, 2.05) is 10.9 Å². The summed E-state index contributed by atoms with van der Waals surface area (Å²) in [7, 11) is 0. The van der Waals surface area contributed by atoms with Gasteiger partial charge in [0.15, 0.2) is 0 Å². The molecule has 0 aliphatic carbocycles. The molecule has 1 heterocycles. The average Bonchev–Trinajstić information content (AvgIpc) is 2.87. The average molecular weight is 465 g/mol. The summed E-state index contributed by atoms with van der Waals surface area (Å²) in [6.07, 6.45) is 4.19. The Morgan fingerprint density at radius 3 is 1.81 bits per heavy atom. The van der Waals surface area contributed by atoms with Crippen LogP contribution in [0.2, 0.25) is 0 Å². The molecule has 1 aromatic carbocycles. The fourth-order valence-corrected chi connectivity index (χ4v) is 2.63. The van der Waals surface area contributed by atoms with Crippen molar-refractivity contribution in [2.45, 2.75) is 59.4 Å². The van der Waals surface area contributed by atoms with Gasteiger partial charge < -0.3 is 0 Å². The van der Waals surface area contributed by atoms with Gasteiger partial charge in [0.1, 0.15) is 0 Å². The molecular formula is C18H26N2Pt. The fourth-order valence-electron chi connectivity index (χ4n) is 2.63. The van der Waals surface area contributed by atoms with Crippen molar-refractivity contribution in [2.75, 3.05) is 0 Å². The summed E-state index contributed by atoms with van der Waals surface area (Å²) < 4.78 is 2.04. The van der Waals surface area contributed by atoms with Crippen molar-refractivity contribution in [3.63, 3.8) is 0 Å². The van der Waals surface area contributed by atoms with Crippen LogP contribution in [0.25, 0.3) is 11.1 Å². The minimum absolute atomic E-state index is 0. The maximum absolute atomic E-state index is 4.51. The van der Waals surface area contributed by atoms with Gasteiger partial charge in [-0.1, -0.05) is 45.9 Å². The molecule has 21 heavy (non-hydrogen) atoms. The van der Waals surface area contributed by atoms with Gasteiger partial charge in [-0.3, -0.25) is 4.68 Å². The number of rotatable bonds is 4. The van der Waals surface area contributed by atoms with Crippen LogP contribution < -0.4 is 0 Å². The molecule has 0 atom stereocenters. The number of aromatic nitrogens is 2. The molecule has 0 fully saturated rings. The molecule has 118 valence electrons. The van der Waals surface area contributed by atoms with E-state index in [1.165, 1.54) is 22.3 Å². The second kappa shape index (κ2) is 7.40. The van der Waals surface area contributed by atoms with Crippen LogP contribution in [0, 0.1) is 0 Å². The van der Waals surface area contributed by atoms with Crippen LogP contribution in [0.1, 0.15) is 70.5 Å². The Balaban J connectivity index is 0.00000220. The van der Waals surface area contributed by atoms with E-state index < -0.39 is 0 Å². The van der Waals surface area contributed by atoms with E-state index in [2.05, 4.69) is 71.0 Å². The molecule has 3 heteroatoms. The van der Waals surface area contributed by atoms with Crippen molar-refractivity contribution >= 4 is 0 Å². The Morgan fingerprint density at radius 1 is 0.905 bits per heavy atom. The van der Waals surface area contributed by atoms with Gasteiger partial charge in [-0.05, 0) is 42.4 Å². The van der Waals surface area contributed by atoms with Gasteiger partial charge in [0.25, 0.3) is 0 Å². The molecule has 0 radical (unpaired) electrons. The molecule has 0 spiro atoms. The topological polar surface area (TPSA) is 17.8 Å². The predicted octanol–water partition coefficient (Wildman–Crippen LogP) is 5.38. The molecule has 0 N–H and O–H groups in total. The van der Waals surface area contributed by atoms with E-state index >= 15 is 0 Å². The van der Waals surface area contributed by atoms with Crippen LogP contribution in [-0.2, 0) is 21.1 Å². The quantitative estimate of drug-likeness (QED) is 0.593. The SMILES string of the molecule is CC(C)c1cccc(C(C)C)c1-c1cnn(C(C)C)c1.[Pt]. The first-order chi connectivity index (χ1) is 9.41. The standard InChI is InChI=1S/C18H26N2.Pt/c1-12(2)16-8-7-9-17(13(3)4)18(16)15-10-19-20(11-15)14(5)6;/h7-14H,1-6H3;. The molecule has 0 aliphatic heterocycles. The summed E-state index contributed by atoms with van der Waals surface area (Å²) in [5.41, 5.74) is 5.45. The third-order valence-corrected chi connectivity index (χ3v) is 3.79. The smallest absolute Gasteiger partial charge is 0.0568 e. The van der Waals surface area contributed by atoms with Gasteiger partial charge in [0.2, 0.25) is 0 Å². The Labute approximate surface area is 143 Å². The number of hydrogen-bond acceptors (Lipinski definition) is 1. The van der Waals surface area contributed by atoms with E-state index in [-0.39, 0.29) is 21.1 Å². The number of benzene rings is 1. The molecule has 2 nitrogen and oxygen atoms in total. The molecule has 2 rings (SSSR count). The number of hydrogen-bond donors (Lipinski definition) is 0. The van der Waals surface area contributed by atoms with Gasteiger partial charge in [-0.2, -0.15) is 5.10 Å². The largest absolute Gasteiger partial charge is 0.270 e. The van der Waals surface area contributed by atoms with Gasteiger partial charge in [0, 0.05) is 38.9 Å². The summed E-state index contributed by atoms with van der Waals surface area (Å²) in [4.78, 5) is 0. The molecule has 0 saturated carbocycles. The Bertz CT molecular complexity index is 556. The Kier molecular flexibility index (Phi) is 6.40. The second-order valence-corrected chi connectivity index (χ2v) is 6.42. The van der Waals surface area contributed by atoms with E-state index in [1.54, 1.807) is 0 Å². The van der Waals surface area contributed by atoms with Crippen molar-refractivity contribution in [3.05, 3.63) is 41.7 Å². The maximum atomic E-state index is 4.51. The molecule has 0 saturated heterocycles. The van der Waals surface area contributed by atoms with Gasteiger partial charge >= 0.3 is 0 Å². The zero-order valence-electron chi connectivity index (χ0n) is 13.8. The first kappa shape index (κ1) is 18.2. The molecular weight excluding hydrogens is 439 g/mol. The minimum atomic E-state index is 0. The van der Waals surface area contributed by atoms with Crippen LogP contribution in [0.3, 0.4) is 0 Å². The zero-order valence-corrected chi connectivity index (χ0v) is 16.1. The summed E-state index contributed by atoms with van der Waals surface area (Å²) in [6.45, 7) is 13.4. The normalized spacial score (nSPS) is 11.3. The first-order valence-electron chi connectivity index (χ1n) is 7.59. The predicted molar refractivity (Wildman–Crippen MR) is 86.2 cm³/mol. The van der Waals surface area contributed by atoms with Crippen LogP contribution in [0.4, 0.5) is 0 Å². The van der Waals surface area contributed by atoms with Crippen LogP contribution in [0.5, 0.6) is 0 Å². The molecule has 1 aromatic heterocycles. The van der Waals surface area contributed by atoms with Crippen molar-refractivity contribution in [3.8, 4) is 11.1 Å².